The third kappa shape index (κ3) is 3.52. The Bertz CT molecular complexity index is 450. The average Bonchev–Trinajstić information content (AvgIpc) is 2.90. The summed E-state index contributed by atoms with van der Waals surface area (Å²) < 4.78 is 0. The Hall–Kier alpha value is -0.910. The molecule has 0 saturated carbocycles. The zero-order chi connectivity index (χ0) is 12.3. The van der Waals surface area contributed by atoms with E-state index in [0.29, 0.717) is 11.2 Å². The minimum absolute atomic E-state index is 0.525. The highest BCUT2D eigenvalue weighted by Gasteiger charge is 2.12. The van der Waals surface area contributed by atoms with Gasteiger partial charge in [-0.25, -0.2) is 4.98 Å². The van der Waals surface area contributed by atoms with Crippen molar-refractivity contribution >= 4 is 27.8 Å². The first-order valence-electron chi connectivity index (χ1n) is 5.58. The molecular formula is C12H17N3S2. The van der Waals surface area contributed by atoms with E-state index in [1.54, 1.807) is 11.3 Å². The van der Waals surface area contributed by atoms with Crippen LogP contribution in [0.4, 0.5) is 5.13 Å². The van der Waals surface area contributed by atoms with Gasteiger partial charge in [0.05, 0.1) is 0 Å². The maximum Gasteiger partial charge on any atom is 0.180 e. The van der Waals surface area contributed by atoms with Crippen LogP contribution in [-0.4, -0.2) is 23.0 Å². The summed E-state index contributed by atoms with van der Waals surface area (Å²) in [5.74, 6) is 0. The summed E-state index contributed by atoms with van der Waals surface area (Å²) in [7, 11) is 2.15. The van der Waals surface area contributed by atoms with Gasteiger partial charge in [-0.15, -0.1) is 22.7 Å². The van der Waals surface area contributed by atoms with E-state index in [1.165, 1.54) is 9.75 Å². The van der Waals surface area contributed by atoms with Crippen molar-refractivity contribution in [1.82, 2.24) is 9.88 Å². The van der Waals surface area contributed by atoms with E-state index in [0.717, 1.165) is 13.0 Å². The summed E-state index contributed by atoms with van der Waals surface area (Å²) in [6, 6.07) is 4.83. The monoisotopic (exact) mass is 267 g/mol. The minimum atomic E-state index is 0.525. The van der Waals surface area contributed by atoms with Crippen molar-refractivity contribution in [2.45, 2.75) is 25.9 Å². The summed E-state index contributed by atoms with van der Waals surface area (Å²) in [5, 5.41) is 2.78. The lowest BCUT2D eigenvalue weighted by molar-refractivity contribution is 0.251. The van der Waals surface area contributed by atoms with E-state index < -0.39 is 0 Å². The Morgan fingerprint density at radius 2 is 2.29 bits per heavy atom. The van der Waals surface area contributed by atoms with Crippen molar-refractivity contribution in [3.63, 3.8) is 0 Å². The number of hydrogen-bond acceptors (Lipinski definition) is 5. The molecule has 2 aromatic heterocycles. The zero-order valence-corrected chi connectivity index (χ0v) is 11.7. The Labute approximate surface area is 110 Å². The number of rotatable bonds is 5. The van der Waals surface area contributed by atoms with E-state index in [2.05, 4.69) is 41.4 Å². The number of aromatic nitrogens is 1. The van der Waals surface area contributed by atoms with E-state index >= 15 is 0 Å². The second kappa shape index (κ2) is 5.62. The molecule has 0 bridgehead atoms. The maximum atomic E-state index is 5.63. The van der Waals surface area contributed by atoms with Gasteiger partial charge in [0.1, 0.15) is 0 Å². The zero-order valence-electron chi connectivity index (χ0n) is 10.1. The largest absolute Gasteiger partial charge is 0.375 e. The summed E-state index contributed by atoms with van der Waals surface area (Å²) in [6.07, 6.45) is 2.97. The van der Waals surface area contributed by atoms with Gasteiger partial charge in [0.2, 0.25) is 0 Å². The summed E-state index contributed by atoms with van der Waals surface area (Å²) in [6.45, 7) is 3.17. The first-order chi connectivity index (χ1) is 8.15. The van der Waals surface area contributed by atoms with Crippen LogP contribution in [-0.2, 0) is 13.0 Å². The molecule has 0 aromatic carbocycles. The highest BCUT2D eigenvalue weighted by Crippen LogP contribution is 2.19. The molecule has 0 radical (unpaired) electrons. The Morgan fingerprint density at radius 1 is 1.47 bits per heavy atom. The standard InChI is InChI=1S/C12H17N3S2/c1-9(6-10-4-3-5-16-10)15(2)8-11-7-14-12(13)17-11/h3-5,7,9H,6,8H2,1-2H3,(H2,13,14). The van der Waals surface area contributed by atoms with Crippen LogP contribution < -0.4 is 5.73 Å². The molecule has 0 spiro atoms. The normalized spacial score (nSPS) is 13.1. The van der Waals surface area contributed by atoms with Crippen LogP contribution in [0.1, 0.15) is 16.7 Å². The molecule has 2 heterocycles. The molecule has 5 heteroatoms. The third-order valence-electron chi connectivity index (χ3n) is 2.81. The molecule has 17 heavy (non-hydrogen) atoms. The number of nitrogens with zero attached hydrogens (tertiary/aromatic N) is 2. The predicted molar refractivity (Wildman–Crippen MR) is 75.5 cm³/mol. The highest BCUT2D eigenvalue weighted by molar-refractivity contribution is 7.15. The van der Waals surface area contributed by atoms with Gasteiger partial charge in [0.15, 0.2) is 5.13 Å². The van der Waals surface area contributed by atoms with Gasteiger partial charge >= 0.3 is 0 Å². The average molecular weight is 267 g/mol. The third-order valence-corrected chi connectivity index (χ3v) is 4.52. The lowest BCUT2D eigenvalue weighted by Crippen LogP contribution is -2.29. The number of nitrogen functional groups attached to an aromatic ring is 1. The molecule has 2 N–H and O–H groups in total. The molecule has 0 aliphatic heterocycles. The molecule has 2 rings (SSSR count). The SMILES string of the molecule is CC(Cc1cccs1)N(C)Cc1cnc(N)s1. The van der Waals surface area contributed by atoms with Gasteiger partial charge in [0, 0.05) is 28.5 Å². The first-order valence-corrected chi connectivity index (χ1v) is 7.27. The van der Waals surface area contributed by atoms with E-state index in [1.807, 2.05) is 17.5 Å². The van der Waals surface area contributed by atoms with Crippen LogP contribution in [0.2, 0.25) is 0 Å². The number of thiazole rings is 1. The van der Waals surface area contributed by atoms with Crippen LogP contribution in [0.15, 0.2) is 23.7 Å². The number of thiophene rings is 1. The Kier molecular flexibility index (Phi) is 4.15. The van der Waals surface area contributed by atoms with Crippen LogP contribution in [0, 0.1) is 0 Å². The topological polar surface area (TPSA) is 42.2 Å². The predicted octanol–water partition coefficient (Wildman–Crippen LogP) is 2.85. The molecule has 3 nitrogen and oxygen atoms in total. The lowest BCUT2D eigenvalue weighted by atomic mass is 10.2. The van der Waals surface area contributed by atoms with Crippen LogP contribution in [0.5, 0.6) is 0 Å². The highest BCUT2D eigenvalue weighted by atomic mass is 32.1. The van der Waals surface area contributed by atoms with Crippen molar-refractivity contribution in [2.24, 2.45) is 0 Å². The van der Waals surface area contributed by atoms with Gasteiger partial charge in [-0.2, -0.15) is 0 Å². The molecule has 0 fully saturated rings. The van der Waals surface area contributed by atoms with Crippen molar-refractivity contribution < 1.29 is 0 Å². The van der Waals surface area contributed by atoms with Crippen LogP contribution in [0.25, 0.3) is 0 Å². The first kappa shape index (κ1) is 12.5. The molecule has 2 aromatic rings. The van der Waals surface area contributed by atoms with Crippen LogP contribution >= 0.6 is 22.7 Å². The second-order valence-electron chi connectivity index (χ2n) is 4.21. The van der Waals surface area contributed by atoms with Crippen molar-refractivity contribution in [2.75, 3.05) is 12.8 Å². The Balaban J connectivity index is 1.89. The number of anilines is 1. The van der Waals surface area contributed by atoms with Crippen molar-refractivity contribution in [1.29, 1.82) is 0 Å². The van der Waals surface area contributed by atoms with E-state index in [4.69, 9.17) is 5.73 Å². The van der Waals surface area contributed by atoms with Gasteiger partial charge < -0.3 is 5.73 Å². The molecule has 0 aliphatic carbocycles. The Morgan fingerprint density at radius 3 is 2.88 bits per heavy atom. The molecule has 0 saturated heterocycles. The summed E-state index contributed by atoms with van der Waals surface area (Å²) in [4.78, 5) is 9.08. The summed E-state index contributed by atoms with van der Waals surface area (Å²) in [5.41, 5.74) is 5.63. The number of hydrogen-bond donors (Lipinski definition) is 1. The maximum absolute atomic E-state index is 5.63. The fourth-order valence-electron chi connectivity index (χ4n) is 1.67. The van der Waals surface area contributed by atoms with Gasteiger partial charge in [0.25, 0.3) is 0 Å². The molecule has 92 valence electrons. The van der Waals surface area contributed by atoms with Crippen molar-refractivity contribution in [3.05, 3.63) is 33.5 Å². The number of likely N-dealkylation sites (N-methyl/N-ethyl adjacent to an activating group) is 1. The molecular weight excluding hydrogens is 250 g/mol. The van der Waals surface area contributed by atoms with Crippen LogP contribution in [0.3, 0.4) is 0 Å². The fourth-order valence-corrected chi connectivity index (χ4v) is 3.25. The molecule has 1 atom stereocenters. The minimum Gasteiger partial charge on any atom is -0.375 e. The van der Waals surface area contributed by atoms with Crippen molar-refractivity contribution in [3.8, 4) is 0 Å². The second-order valence-corrected chi connectivity index (χ2v) is 6.39. The van der Waals surface area contributed by atoms with Gasteiger partial charge in [-0.3, -0.25) is 4.90 Å². The number of nitrogens with two attached hydrogens (primary N) is 1. The quantitative estimate of drug-likeness (QED) is 0.906. The van der Waals surface area contributed by atoms with E-state index in [-0.39, 0.29) is 0 Å². The smallest absolute Gasteiger partial charge is 0.180 e. The molecule has 0 amide bonds. The van der Waals surface area contributed by atoms with E-state index in [9.17, 15) is 0 Å². The van der Waals surface area contributed by atoms with Gasteiger partial charge in [-0.1, -0.05) is 6.07 Å². The van der Waals surface area contributed by atoms with Gasteiger partial charge in [-0.05, 0) is 31.8 Å². The molecule has 0 aliphatic rings. The summed E-state index contributed by atoms with van der Waals surface area (Å²) >= 11 is 3.39. The lowest BCUT2D eigenvalue weighted by Gasteiger charge is -2.23. The fraction of sp³-hybridized carbons (Fsp3) is 0.417. The molecule has 1 unspecified atom stereocenters.